The van der Waals surface area contributed by atoms with E-state index < -0.39 is 17.5 Å². The second-order valence-corrected chi connectivity index (χ2v) is 7.19. The lowest BCUT2D eigenvalue weighted by Gasteiger charge is -2.15. The zero-order valence-corrected chi connectivity index (χ0v) is 15.7. The number of hydrogen-bond acceptors (Lipinski definition) is 5. The van der Waals surface area contributed by atoms with Crippen molar-refractivity contribution < 1.29 is 13.6 Å². The number of benzene rings is 2. The summed E-state index contributed by atoms with van der Waals surface area (Å²) < 4.78 is 27.6. The molecule has 0 radical (unpaired) electrons. The van der Waals surface area contributed by atoms with E-state index in [0.717, 1.165) is 0 Å². The lowest BCUT2D eigenvalue weighted by molar-refractivity contribution is -0.115. The SMILES string of the molecule is CC(C)(C)n1nnc(CC(=O)Nc2ccc(F)cc2Nc2ccccc2F)n1. The lowest BCUT2D eigenvalue weighted by Crippen LogP contribution is -2.25. The summed E-state index contributed by atoms with van der Waals surface area (Å²) in [6.45, 7) is 5.74. The summed E-state index contributed by atoms with van der Waals surface area (Å²) >= 11 is 0. The molecule has 0 saturated carbocycles. The van der Waals surface area contributed by atoms with Crippen molar-refractivity contribution in [1.82, 2.24) is 20.2 Å². The van der Waals surface area contributed by atoms with Crippen molar-refractivity contribution in [2.75, 3.05) is 10.6 Å². The van der Waals surface area contributed by atoms with Gasteiger partial charge in [-0.15, -0.1) is 10.2 Å². The molecule has 0 unspecified atom stereocenters. The zero-order valence-electron chi connectivity index (χ0n) is 15.7. The van der Waals surface area contributed by atoms with E-state index in [0.29, 0.717) is 5.69 Å². The third-order valence-corrected chi connectivity index (χ3v) is 3.77. The van der Waals surface area contributed by atoms with Crippen LogP contribution in [-0.2, 0) is 16.8 Å². The molecule has 3 aromatic rings. The van der Waals surface area contributed by atoms with Crippen LogP contribution in [0.15, 0.2) is 42.5 Å². The number of carbonyl (C=O) groups excluding carboxylic acids is 1. The predicted octanol–water partition coefficient (Wildman–Crippen LogP) is 3.63. The maximum absolute atomic E-state index is 13.9. The summed E-state index contributed by atoms with van der Waals surface area (Å²) in [7, 11) is 0. The molecular weight excluding hydrogens is 366 g/mol. The Morgan fingerprint density at radius 1 is 1.07 bits per heavy atom. The zero-order chi connectivity index (χ0) is 20.3. The van der Waals surface area contributed by atoms with Crippen LogP contribution in [0.25, 0.3) is 0 Å². The van der Waals surface area contributed by atoms with Crippen LogP contribution in [0, 0.1) is 11.6 Å². The summed E-state index contributed by atoms with van der Waals surface area (Å²) in [6.07, 6.45) is -0.105. The van der Waals surface area contributed by atoms with Gasteiger partial charge in [0, 0.05) is 0 Å². The summed E-state index contributed by atoms with van der Waals surface area (Å²) in [5, 5.41) is 17.5. The minimum atomic E-state index is -0.522. The lowest BCUT2D eigenvalue weighted by atomic mass is 10.1. The number of nitrogens with zero attached hydrogens (tertiary/aromatic N) is 4. The molecule has 0 aliphatic rings. The van der Waals surface area contributed by atoms with E-state index >= 15 is 0 Å². The van der Waals surface area contributed by atoms with Crippen LogP contribution < -0.4 is 10.6 Å². The first-order valence-electron chi connectivity index (χ1n) is 8.63. The fraction of sp³-hybridized carbons (Fsp3) is 0.263. The van der Waals surface area contributed by atoms with Crippen molar-refractivity contribution in [2.45, 2.75) is 32.7 Å². The normalized spacial score (nSPS) is 11.3. The van der Waals surface area contributed by atoms with Gasteiger partial charge in [-0.2, -0.15) is 4.80 Å². The van der Waals surface area contributed by atoms with Crippen LogP contribution in [-0.4, -0.2) is 26.1 Å². The molecule has 0 fully saturated rings. The fourth-order valence-electron chi connectivity index (χ4n) is 2.37. The number of hydrogen-bond donors (Lipinski definition) is 2. The number of nitrogens with one attached hydrogen (secondary N) is 2. The van der Waals surface area contributed by atoms with Gasteiger partial charge in [0.2, 0.25) is 5.91 Å². The predicted molar refractivity (Wildman–Crippen MR) is 101 cm³/mol. The molecule has 0 spiro atoms. The van der Waals surface area contributed by atoms with Crippen LogP contribution in [0.1, 0.15) is 26.6 Å². The van der Waals surface area contributed by atoms with E-state index in [9.17, 15) is 13.6 Å². The smallest absolute Gasteiger partial charge is 0.232 e. The van der Waals surface area contributed by atoms with E-state index in [1.807, 2.05) is 20.8 Å². The number of anilines is 3. The maximum Gasteiger partial charge on any atom is 0.232 e. The average Bonchev–Trinajstić information content (AvgIpc) is 3.08. The van der Waals surface area contributed by atoms with Gasteiger partial charge in [0.15, 0.2) is 5.82 Å². The molecule has 9 heteroatoms. The highest BCUT2D eigenvalue weighted by molar-refractivity contribution is 5.95. The molecule has 28 heavy (non-hydrogen) atoms. The molecule has 146 valence electrons. The van der Waals surface area contributed by atoms with Crippen LogP contribution in [0.5, 0.6) is 0 Å². The minimum Gasteiger partial charge on any atom is -0.351 e. The Kier molecular flexibility index (Phi) is 5.34. The first-order chi connectivity index (χ1) is 13.2. The molecule has 0 aliphatic carbocycles. The van der Waals surface area contributed by atoms with Gasteiger partial charge in [-0.25, -0.2) is 8.78 Å². The van der Waals surface area contributed by atoms with Crippen LogP contribution in [0.3, 0.4) is 0 Å². The summed E-state index contributed by atoms with van der Waals surface area (Å²) in [6, 6.07) is 9.77. The Morgan fingerprint density at radius 3 is 2.50 bits per heavy atom. The van der Waals surface area contributed by atoms with Crippen LogP contribution in [0.2, 0.25) is 0 Å². The van der Waals surface area contributed by atoms with Crippen molar-refractivity contribution in [1.29, 1.82) is 0 Å². The molecule has 0 bridgehead atoms. The maximum atomic E-state index is 13.9. The van der Waals surface area contributed by atoms with E-state index in [1.165, 1.54) is 35.1 Å². The number of para-hydroxylation sites is 1. The second kappa shape index (κ2) is 7.71. The first kappa shape index (κ1) is 19.4. The minimum absolute atomic E-state index is 0.105. The highest BCUT2D eigenvalue weighted by Gasteiger charge is 2.18. The van der Waals surface area contributed by atoms with E-state index in [1.54, 1.807) is 12.1 Å². The van der Waals surface area contributed by atoms with Gasteiger partial charge in [-0.3, -0.25) is 4.79 Å². The molecule has 0 atom stereocenters. The third-order valence-electron chi connectivity index (χ3n) is 3.77. The summed E-state index contributed by atoms with van der Waals surface area (Å²) in [4.78, 5) is 13.8. The Hall–Kier alpha value is -3.36. The van der Waals surface area contributed by atoms with Gasteiger partial charge in [0.1, 0.15) is 11.6 Å². The molecule has 1 aromatic heterocycles. The topological polar surface area (TPSA) is 84.7 Å². The van der Waals surface area contributed by atoms with Crippen molar-refractivity contribution in [3.63, 3.8) is 0 Å². The van der Waals surface area contributed by atoms with Gasteiger partial charge in [0.25, 0.3) is 0 Å². The Bertz CT molecular complexity index is 996. The number of amides is 1. The second-order valence-electron chi connectivity index (χ2n) is 7.19. The van der Waals surface area contributed by atoms with Crippen molar-refractivity contribution in [2.24, 2.45) is 0 Å². The molecule has 7 nitrogen and oxygen atoms in total. The molecule has 3 rings (SSSR count). The third kappa shape index (κ3) is 4.67. The molecule has 0 aliphatic heterocycles. The monoisotopic (exact) mass is 386 g/mol. The first-order valence-corrected chi connectivity index (χ1v) is 8.63. The van der Waals surface area contributed by atoms with Gasteiger partial charge in [-0.1, -0.05) is 12.1 Å². The van der Waals surface area contributed by atoms with Crippen molar-refractivity contribution in [3.8, 4) is 0 Å². The van der Waals surface area contributed by atoms with E-state index in [-0.39, 0.29) is 29.2 Å². The van der Waals surface area contributed by atoms with Crippen molar-refractivity contribution in [3.05, 3.63) is 59.9 Å². The molecule has 2 N–H and O–H groups in total. The van der Waals surface area contributed by atoms with E-state index in [2.05, 4.69) is 26.0 Å². The van der Waals surface area contributed by atoms with Crippen LogP contribution >= 0.6 is 0 Å². The fourth-order valence-corrected chi connectivity index (χ4v) is 2.37. The molecular formula is C19H20F2N6O. The highest BCUT2D eigenvalue weighted by Crippen LogP contribution is 2.28. The largest absolute Gasteiger partial charge is 0.351 e. The van der Waals surface area contributed by atoms with Gasteiger partial charge in [0.05, 0.1) is 29.0 Å². The Balaban J connectivity index is 1.76. The summed E-state index contributed by atoms with van der Waals surface area (Å²) in [5.41, 5.74) is 0.344. The van der Waals surface area contributed by atoms with E-state index in [4.69, 9.17) is 0 Å². The number of rotatable bonds is 5. The van der Waals surface area contributed by atoms with Gasteiger partial charge in [-0.05, 0) is 56.3 Å². The van der Waals surface area contributed by atoms with Gasteiger partial charge < -0.3 is 10.6 Å². The van der Waals surface area contributed by atoms with Crippen LogP contribution in [0.4, 0.5) is 25.8 Å². The number of aromatic nitrogens is 4. The Labute approximate surface area is 160 Å². The summed E-state index contributed by atoms with van der Waals surface area (Å²) in [5.74, 6) is -1.16. The number of tetrazole rings is 1. The molecule has 2 aromatic carbocycles. The van der Waals surface area contributed by atoms with Gasteiger partial charge >= 0.3 is 0 Å². The quantitative estimate of drug-likeness (QED) is 0.699. The van der Waals surface area contributed by atoms with Crippen molar-refractivity contribution >= 4 is 23.0 Å². The molecule has 1 heterocycles. The molecule has 1 amide bonds. The molecule has 0 saturated heterocycles. The number of halogens is 2. The highest BCUT2D eigenvalue weighted by atomic mass is 19.1. The number of carbonyl (C=O) groups is 1. The Morgan fingerprint density at radius 2 is 1.82 bits per heavy atom. The standard InChI is InChI=1S/C19H20F2N6O/c1-19(2,3)27-25-17(24-26-27)11-18(28)23-15-9-8-12(20)10-16(15)22-14-7-5-4-6-13(14)21/h4-10,22H,11H2,1-3H3,(H,23,28). The average molecular weight is 386 g/mol.